The molecule has 1 atom stereocenters. The Hall–Kier alpha value is -2.42. The molecule has 1 aliphatic rings. The molecular formula is C21H23F3N2O3S. The van der Waals surface area contributed by atoms with Crippen LogP contribution in [0.3, 0.4) is 0 Å². The number of pyridine rings is 1. The summed E-state index contributed by atoms with van der Waals surface area (Å²) in [5.74, 6) is -0.202. The highest BCUT2D eigenvalue weighted by Gasteiger charge is 2.46. The molecule has 1 heterocycles. The van der Waals surface area contributed by atoms with E-state index in [4.69, 9.17) is 0 Å². The van der Waals surface area contributed by atoms with E-state index in [0.29, 0.717) is 23.7 Å². The fraction of sp³-hybridized carbons (Fsp3) is 0.429. The second-order valence-electron chi connectivity index (χ2n) is 7.67. The van der Waals surface area contributed by atoms with Gasteiger partial charge in [0.15, 0.2) is 0 Å². The van der Waals surface area contributed by atoms with Crippen LogP contribution in [0.15, 0.2) is 47.5 Å². The van der Waals surface area contributed by atoms with Gasteiger partial charge in [-0.15, -0.1) is 0 Å². The quantitative estimate of drug-likeness (QED) is 0.687. The van der Waals surface area contributed by atoms with Crippen molar-refractivity contribution >= 4 is 21.6 Å². The van der Waals surface area contributed by atoms with E-state index in [2.05, 4.69) is 10.3 Å². The number of carbonyl (C=O) groups is 1. The third-order valence-electron chi connectivity index (χ3n) is 5.42. The molecule has 5 nitrogen and oxygen atoms in total. The average Bonchev–Trinajstić information content (AvgIpc) is 3.20. The Balaban J connectivity index is 1.86. The minimum absolute atomic E-state index is 0.315. The number of carbonyl (C=O) groups excluding carboxylic acids is 1. The number of aryl methyl sites for hydroxylation is 1. The summed E-state index contributed by atoms with van der Waals surface area (Å²) in [5.41, 5.74) is -3.95. The molecule has 0 spiro atoms. The first-order valence-electron chi connectivity index (χ1n) is 9.73. The van der Waals surface area contributed by atoms with E-state index >= 15 is 0 Å². The summed E-state index contributed by atoms with van der Waals surface area (Å²) in [6.07, 6.45) is 6.32. The molecule has 1 saturated carbocycles. The Morgan fingerprint density at radius 2 is 1.77 bits per heavy atom. The minimum Gasteiger partial charge on any atom is -0.310 e. The normalized spacial score (nSPS) is 16.4. The summed E-state index contributed by atoms with van der Waals surface area (Å²) < 4.78 is 61.6. The highest BCUT2D eigenvalue weighted by molar-refractivity contribution is 7.92. The zero-order valence-corrected chi connectivity index (χ0v) is 17.3. The van der Waals surface area contributed by atoms with Gasteiger partial charge in [0.25, 0.3) is 9.84 Å². The Morgan fingerprint density at radius 3 is 2.30 bits per heavy atom. The van der Waals surface area contributed by atoms with Gasteiger partial charge in [-0.3, -0.25) is 4.79 Å². The van der Waals surface area contributed by atoms with E-state index in [1.807, 2.05) is 13.0 Å². The summed E-state index contributed by atoms with van der Waals surface area (Å²) in [6.45, 7) is 1.87. The highest BCUT2D eigenvalue weighted by atomic mass is 32.2. The molecule has 0 aliphatic heterocycles. The van der Waals surface area contributed by atoms with Gasteiger partial charge >= 0.3 is 5.51 Å². The molecular weight excluding hydrogens is 417 g/mol. The fourth-order valence-electron chi connectivity index (χ4n) is 3.74. The van der Waals surface area contributed by atoms with Gasteiger partial charge in [-0.25, -0.2) is 13.4 Å². The van der Waals surface area contributed by atoms with Crippen LogP contribution in [0.1, 0.15) is 49.1 Å². The van der Waals surface area contributed by atoms with Crippen molar-refractivity contribution in [2.45, 2.75) is 55.3 Å². The van der Waals surface area contributed by atoms with Crippen LogP contribution in [-0.4, -0.2) is 24.8 Å². The largest absolute Gasteiger partial charge is 0.501 e. The Bertz CT molecular complexity index is 982. The number of benzene rings is 1. The van der Waals surface area contributed by atoms with Gasteiger partial charge in [0.05, 0.1) is 10.8 Å². The van der Waals surface area contributed by atoms with Crippen molar-refractivity contribution in [2.24, 2.45) is 5.92 Å². The zero-order chi connectivity index (χ0) is 21.9. The van der Waals surface area contributed by atoms with Gasteiger partial charge in [0.1, 0.15) is 5.82 Å². The smallest absolute Gasteiger partial charge is 0.310 e. The monoisotopic (exact) mass is 440 g/mol. The maximum atomic E-state index is 13.0. The molecule has 30 heavy (non-hydrogen) atoms. The van der Waals surface area contributed by atoms with Gasteiger partial charge in [0.2, 0.25) is 5.91 Å². The molecule has 2 aromatic rings. The Labute approximate surface area is 173 Å². The number of sulfone groups is 1. The number of hydrogen-bond acceptors (Lipinski definition) is 4. The summed E-state index contributed by atoms with van der Waals surface area (Å²) in [7, 11) is -5.42. The van der Waals surface area contributed by atoms with Crippen molar-refractivity contribution in [3.05, 3.63) is 53.7 Å². The van der Waals surface area contributed by atoms with E-state index in [1.54, 1.807) is 12.3 Å². The van der Waals surface area contributed by atoms with Gasteiger partial charge in [-0.2, -0.15) is 13.2 Å². The summed E-state index contributed by atoms with van der Waals surface area (Å²) in [6, 6.07) is 7.90. The Kier molecular flexibility index (Phi) is 6.50. The minimum atomic E-state index is -5.42. The van der Waals surface area contributed by atoms with Crippen molar-refractivity contribution in [1.82, 2.24) is 4.98 Å². The Morgan fingerprint density at radius 1 is 1.13 bits per heavy atom. The average molecular weight is 440 g/mol. The number of anilines is 1. The van der Waals surface area contributed by atoms with Crippen LogP contribution in [0.25, 0.3) is 0 Å². The molecule has 1 aromatic carbocycles. The van der Waals surface area contributed by atoms with E-state index in [0.717, 1.165) is 43.4 Å². The molecule has 1 aromatic heterocycles. The molecule has 1 unspecified atom stereocenters. The zero-order valence-electron chi connectivity index (χ0n) is 16.4. The maximum Gasteiger partial charge on any atom is 0.501 e. The summed E-state index contributed by atoms with van der Waals surface area (Å²) >= 11 is 0. The first-order chi connectivity index (χ1) is 14.1. The SMILES string of the molecule is Cc1ccc(NC(=O)C(CC2CCCC2)c2ccc(S(=O)(=O)C(F)(F)F)cc2)nc1. The number of halogens is 3. The van der Waals surface area contributed by atoms with E-state index in [1.165, 1.54) is 12.1 Å². The number of amides is 1. The van der Waals surface area contributed by atoms with Gasteiger partial charge in [0, 0.05) is 6.20 Å². The third-order valence-corrected chi connectivity index (χ3v) is 6.92. The topological polar surface area (TPSA) is 76.1 Å². The van der Waals surface area contributed by atoms with Crippen LogP contribution in [0.5, 0.6) is 0 Å². The molecule has 162 valence electrons. The maximum absolute atomic E-state index is 13.0. The standard InChI is InChI=1S/C21H23F3N2O3S/c1-14-6-11-19(25-13-14)26-20(27)18(12-15-4-2-3-5-15)16-7-9-17(10-8-16)30(28,29)21(22,23)24/h6-11,13,15,18H,2-5,12H2,1H3,(H,25,26,27). The van der Waals surface area contributed by atoms with E-state index in [9.17, 15) is 26.4 Å². The number of aromatic nitrogens is 1. The lowest BCUT2D eigenvalue weighted by molar-refractivity contribution is -0.118. The number of rotatable bonds is 6. The van der Waals surface area contributed by atoms with Gasteiger partial charge in [-0.1, -0.05) is 43.9 Å². The molecule has 0 saturated heterocycles. The predicted molar refractivity (Wildman–Crippen MR) is 107 cm³/mol. The van der Waals surface area contributed by atoms with Crippen molar-refractivity contribution < 1.29 is 26.4 Å². The first kappa shape index (κ1) is 22.3. The second-order valence-corrected chi connectivity index (χ2v) is 9.61. The highest BCUT2D eigenvalue weighted by Crippen LogP contribution is 2.36. The number of nitrogens with one attached hydrogen (secondary N) is 1. The van der Waals surface area contributed by atoms with Crippen LogP contribution in [0, 0.1) is 12.8 Å². The summed E-state index contributed by atoms with van der Waals surface area (Å²) in [4.78, 5) is 16.3. The number of hydrogen-bond donors (Lipinski definition) is 1. The summed E-state index contributed by atoms with van der Waals surface area (Å²) in [5, 5.41) is 2.76. The lowest BCUT2D eigenvalue weighted by Gasteiger charge is -2.21. The molecule has 9 heteroatoms. The molecule has 0 radical (unpaired) electrons. The lowest BCUT2D eigenvalue weighted by atomic mass is 9.87. The molecule has 1 fully saturated rings. The number of nitrogens with zero attached hydrogens (tertiary/aromatic N) is 1. The van der Waals surface area contributed by atoms with Gasteiger partial charge in [-0.05, 0) is 48.6 Å². The van der Waals surface area contributed by atoms with E-state index in [-0.39, 0.29) is 5.91 Å². The second kappa shape index (κ2) is 8.75. The van der Waals surface area contributed by atoms with Crippen molar-refractivity contribution in [2.75, 3.05) is 5.32 Å². The third kappa shape index (κ3) is 5.00. The van der Waals surface area contributed by atoms with E-state index < -0.39 is 26.2 Å². The van der Waals surface area contributed by atoms with Crippen LogP contribution >= 0.6 is 0 Å². The lowest BCUT2D eigenvalue weighted by Crippen LogP contribution is -2.25. The number of alkyl halides is 3. The van der Waals surface area contributed by atoms with Crippen molar-refractivity contribution in [3.63, 3.8) is 0 Å². The molecule has 1 N–H and O–H groups in total. The van der Waals surface area contributed by atoms with Crippen LogP contribution in [-0.2, 0) is 14.6 Å². The van der Waals surface area contributed by atoms with Crippen LogP contribution in [0.2, 0.25) is 0 Å². The van der Waals surface area contributed by atoms with Crippen molar-refractivity contribution in [1.29, 1.82) is 0 Å². The predicted octanol–water partition coefficient (Wildman–Crippen LogP) is 4.99. The molecule has 3 rings (SSSR count). The molecule has 0 bridgehead atoms. The fourth-order valence-corrected chi connectivity index (χ4v) is 4.50. The molecule has 1 amide bonds. The van der Waals surface area contributed by atoms with Gasteiger partial charge < -0.3 is 5.32 Å². The van der Waals surface area contributed by atoms with Crippen LogP contribution in [0.4, 0.5) is 19.0 Å². The van der Waals surface area contributed by atoms with Crippen LogP contribution < -0.4 is 5.32 Å². The molecule has 1 aliphatic carbocycles. The van der Waals surface area contributed by atoms with Crippen molar-refractivity contribution in [3.8, 4) is 0 Å². The first-order valence-corrected chi connectivity index (χ1v) is 11.2.